The van der Waals surface area contributed by atoms with Gasteiger partial charge in [0.25, 0.3) is 0 Å². The lowest BCUT2D eigenvalue weighted by Crippen LogP contribution is -2.40. The fourth-order valence-corrected chi connectivity index (χ4v) is 3.41. The highest BCUT2D eigenvalue weighted by molar-refractivity contribution is 5.84. The first kappa shape index (κ1) is 13.4. The topological polar surface area (TPSA) is 31.1 Å². The van der Waals surface area contributed by atoms with Crippen molar-refractivity contribution in [2.75, 3.05) is 18.0 Å². The number of rotatable bonds is 3. The second-order valence-corrected chi connectivity index (χ2v) is 5.94. The van der Waals surface area contributed by atoms with Crippen LogP contribution in [0.15, 0.2) is 60.8 Å². The third kappa shape index (κ3) is 2.48. The lowest BCUT2D eigenvalue weighted by molar-refractivity contribution is 0.452. The molecule has 0 aliphatic carbocycles. The molecule has 1 saturated heterocycles. The van der Waals surface area contributed by atoms with Gasteiger partial charge in [-0.15, -0.1) is 0 Å². The van der Waals surface area contributed by atoms with Crippen LogP contribution in [0.5, 0.6) is 0 Å². The Hall–Kier alpha value is -2.26. The Bertz CT molecular complexity index is 741. The van der Waals surface area contributed by atoms with Gasteiger partial charge in [0.2, 0.25) is 0 Å². The highest BCUT2D eigenvalue weighted by Crippen LogP contribution is 2.32. The van der Waals surface area contributed by atoms with Crippen LogP contribution in [0.25, 0.3) is 10.9 Å². The summed E-state index contributed by atoms with van der Waals surface area (Å²) in [4.78, 5) is 5.78. The molecule has 1 aliphatic heterocycles. The first-order valence-electron chi connectivity index (χ1n) is 8.04. The Labute approximate surface area is 131 Å². The highest BCUT2D eigenvalue weighted by Gasteiger charge is 2.22. The summed E-state index contributed by atoms with van der Waals surface area (Å²) < 4.78 is 0. The van der Waals surface area contributed by atoms with Gasteiger partial charge in [-0.2, -0.15) is 0 Å². The number of hydrogen-bond acceptors (Lipinski definition) is 2. The Morgan fingerprint density at radius 2 is 1.68 bits per heavy atom. The largest absolute Gasteiger partial charge is 0.361 e. The van der Waals surface area contributed by atoms with E-state index in [1.807, 2.05) is 6.20 Å². The van der Waals surface area contributed by atoms with Gasteiger partial charge < -0.3 is 15.2 Å². The van der Waals surface area contributed by atoms with E-state index in [1.54, 1.807) is 0 Å². The molecule has 0 bridgehead atoms. The zero-order chi connectivity index (χ0) is 14.8. The molecule has 3 heteroatoms. The molecule has 3 aromatic rings. The molecule has 4 rings (SSSR count). The second-order valence-electron chi connectivity index (χ2n) is 5.94. The lowest BCUT2D eigenvalue weighted by Gasteiger charge is -2.36. The fourth-order valence-electron chi connectivity index (χ4n) is 3.41. The summed E-state index contributed by atoms with van der Waals surface area (Å²) in [5, 5.41) is 4.74. The first-order chi connectivity index (χ1) is 10.9. The molecule has 22 heavy (non-hydrogen) atoms. The third-order valence-electron chi connectivity index (χ3n) is 4.52. The molecule has 3 nitrogen and oxygen atoms in total. The van der Waals surface area contributed by atoms with Gasteiger partial charge in [0.05, 0.1) is 0 Å². The molecular weight excluding hydrogens is 270 g/mol. The number of anilines is 2. The summed E-state index contributed by atoms with van der Waals surface area (Å²) in [6.07, 6.45) is 4.37. The van der Waals surface area contributed by atoms with Crippen molar-refractivity contribution in [2.24, 2.45) is 0 Å². The molecule has 0 saturated carbocycles. The van der Waals surface area contributed by atoms with Gasteiger partial charge in [-0.3, -0.25) is 0 Å². The predicted molar refractivity (Wildman–Crippen MR) is 92.8 cm³/mol. The first-order valence-corrected chi connectivity index (χ1v) is 8.04. The summed E-state index contributed by atoms with van der Waals surface area (Å²) in [6.45, 7) is 2.20. The van der Waals surface area contributed by atoms with Crippen LogP contribution in [0.1, 0.15) is 12.8 Å². The summed E-state index contributed by atoms with van der Waals surface area (Å²) in [6, 6.07) is 20.2. The van der Waals surface area contributed by atoms with Crippen LogP contribution in [0, 0.1) is 0 Å². The van der Waals surface area contributed by atoms with Crippen LogP contribution < -0.4 is 10.2 Å². The van der Waals surface area contributed by atoms with Crippen molar-refractivity contribution in [3.05, 3.63) is 60.8 Å². The van der Waals surface area contributed by atoms with Crippen LogP contribution in [0.4, 0.5) is 11.4 Å². The van der Waals surface area contributed by atoms with Crippen molar-refractivity contribution in [3.8, 4) is 0 Å². The minimum absolute atomic E-state index is 0.556. The van der Waals surface area contributed by atoms with Gasteiger partial charge in [-0.05, 0) is 62.3 Å². The van der Waals surface area contributed by atoms with E-state index in [-0.39, 0.29) is 0 Å². The number of hydrogen-bond donors (Lipinski definition) is 2. The Balaban J connectivity index is 1.78. The smallest absolute Gasteiger partial charge is 0.0455 e. The molecule has 1 aromatic heterocycles. The molecule has 112 valence electrons. The monoisotopic (exact) mass is 291 g/mol. The quantitative estimate of drug-likeness (QED) is 0.762. The average Bonchev–Trinajstić information content (AvgIpc) is 3.05. The standard InChI is InChI=1S/C19H21N3/c1-2-4-16(5-3-1)22(17-9-11-20-12-10-17)18-6-7-19-15(14-18)8-13-21-19/h1-8,13-14,17,20-21H,9-12H2. The number of aromatic amines is 1. The van der Waals surface area contributed by atoms with Crippen LogP contribution in [0.3, 0.4) is 0 Å². The third-order valence-corrected chi connectivity index (χ3v) is 4.52. The van der Waals surface area contributed by atoms with Crippen molar-refractivity contribution in [1.29, 1.82) is 0 Å². The molecule has 0 amide bonds. The SMILES string of the molecule is c1ccc(N(c2ccc3[nH]ccc3c2)C2CCNCC2)cc1. The summed E-state index contributed by atoms with van der Waals surface area (Å²) in [5.74, 6) is 0. The zero-order valence-electron chi connectivity index (χ0n) is 12.6. The lowest BCUT2D eigenvalue weighted by atomic mass is 10.0. The second kappa shape index (κ2) is 5.85. The minimum Gasteiger partial charge on any atom is -0.361 e. The summed E-state index contributed by atoms with van der Waals surface area (Å²) in [7, 11) is 0. The highest BCUT2D eigenvalue weighted by atomic mass is 15.2. The Morgan fingerprint density at radius 3 is 2.50 bits per heavy atom. The number of aromatic nitrogens is 1. The maximum atomic E-state index is 3.47. The van der Waals surface area contributed by atoms with Crippen LogP contribution >= 0.6 is 0 Å². The molecular formula is C19H21N3. The molecule has 0 unspecified atom stereocenters. The molecule has 0 radical (unpaired) electrons. The van der Waals surface area contributed by atoms with Crippen molar-refractivity contribution >= 4 is 22.3 Å². The van der Waals surface area contributed by atoms with Crippen molar-refractivity contribution in [3.63, 3.8) is 0 Å². The normalized spacial score (nSPS) is 16.0. The van der Waals surface area contributed by atoms with E-state index in [4.69, 9.17) is 0 Å². The van der Waals surface area contributed by atoms with Crippen LogP contribution in [-0.2, 0) is 0 Å². The van der Waals surface area contributed by atoms with Gasteiger partial charge >= 0.3 is 0 Å². The van der Waals surface area contributed by atoms with Crippen molar-refractivity contribution < 1.29 is 0 Å². The summed E-state index contributed by atoms with van der Waals surface area (Å²) in [5.41, 5.74) is 3.76. The molecule has 1 fully saturated rings. The van der Waals surface area contributed by atoms with Crippen LogP contribution in [-0.4, -0.2) is 24.1 Å². The van der Waals surface area contributed by atoms with E-state index < -0.39 is 0 Å². The number of piperidine rings is 1. The van der Waals surface area contributed by atoms with Crippen LogP contribution in [0.2, 0.25) is 0 Å². The summed E-state index contributed by atoms with van der Waals surface area (Å²) >= 11 is 0. The number of para-hydroxylation sites is 1. The van der Waals surface area contributed by atoms with E-state index >= 15 is 0 Å². The molecule has 0 atom stereocenters. The molecule has 1 aliphatic rings. The van der Waals surface area contributed by atoms with Crippen molar-refractivity contribution in [1.82, 2.24) is 10.3 Å². The van der Waals surface area contributed by atoms with Gasteiger partial charge in [0.1, 0.15) is 0 Å². The maximum Gasteiger partial charge on any atom is 0.0455 e. The number of nitrogens with one attached hydrogen (secondary N) is 2. The molecule has 0 spiro atoms. The number of nitrogens with zero attached hydrogens (tertiary/aromatic N) is 1. The van der Waals surface area contributed by atoms with E-state index in [0.717, 1.165) is 13.1 Å². The molecule has 2 heterocycles. The minimum atomic E-state index is 0.556. The predicted octanol–water partition coefficient (Wildman–Crippen LogP) is 4.06. The molecule has 2 N–H and O–H groups in total. The zero-order valence-corrected chi connectivity index (χ0v) is 12.6. The van der Waals surface area contributed by atoms with E-state index in [9.17, 15) is 0 Å². The van der Waals surface area contributed by atoms with Gasteiger partial charge in [0.15, 0.2) is 0 Å². The van der Waals surface area contributed by atoms with E-state index in [1.165, 1.54) is 35.1 Å². The van der Waals surface area contributed by atoms with Gasteiger partial charge in [-0.25, -0.2) is 0 Å². The molecule has 2 aromatic carbocycles. The van der Waals surface area contributed by atoms with Crippen molar-refractivity contribution in [2.45, 2.75) is 18.9 Å². The van der Waals surface area contributed by atoms with Gasteiger partial charge in [0, 0.05) is 34.5 Å². The number of H-pyrrole nitrogens is 1. The van der Waals surface area contributed by atoms with E-state index in [2.05, 4.69) is 69.8 Å². The Morgan fingerprint density at radius 1 is 0.864 bits per heavy atom. The number of benzene rings is 2. The maximum absolute atomic E-state index is 3.47. The Kier molecular flexibility index (Phi) is 3.57. The number of fused-ring (bicyclic) bond motifs is 1. The fraction of sp³-hybridized carbons (Fsp3) is 0.263. The van der Waals surface area contributed by atoms with Gasteiger partial charge in [-0.1, -0.05) is 18.2 Å². The average molecular weight is 291 g/mol. The van der Waals surface area contributed by atoms with E-state index in [0.29, 0.717) is 6.04 Å².